The zero-order chi connectivity index (χ0) is 8.04. The van der Waals surface area contributed by atoms with E-state index in [2.05, 4.69) is 19.2 Å². The maximum absolute atomic E-state index is 3.35. The van der Waals surface area contributed by atoms with Crippen molar-refractivity contribution in [1.29, 1.82) is 0 Å². The molecule has 1 aliphatic carbocycles. The average Bonchev–Trinajstić information content (AvgIpc) is 2.70. The van der Waals surface area contributed by atoms with Gasteiger partial charge in [-0.15, -0.1) is 0 Å². The van der Waals surface area contributed by atoms with Gasteiger partial charge in [0.1, 0.15) is 0 Å². The molecule has 1 aliphatic rings. The molecule has 1 saturated carbocycles. The van der Waals surface area contributed by atoms with Crippen molar-refractivity contribution in [2.24, 2.45) is 5.41 Å². The molecule has 1 N–H and O–H groups in total. The van der Waals surface area contributed by atoms with Gasteiger partial charge >= 0.3 is 0 Å². The standard InChI is InChI=1S/C7H15N.C2H6/c1-3-8-6-7(2)4-5-7;1-2/h8H,3-6H2,1-2H3;1-2H3. The van der Waals surface area contributed by atoms with Crippen molar-refractivity contribution in [3.05, 3.63) is 0 Å². The molecule has 0 aromatic carbocycles. The highest BCUT2D eigenvalue weighted by Crippen LogP contribution is 2.43. The van der Waals surface area contributed by atoms with E-state index >= 15 is 0 Å². The summed E-state index contributed by atoms with van der Waals surface area (Å²) in [7, 11) is 0. The topological polar surface area (TPSA) is 12.0 Å². The van der Waals surface area contributed by atoms with E-state index in [1.54, 1.807) is 0 Å². The van der Waals surface area contributed by atoms with Crippen molar-refractivity contribution < 1.29 is 0 Å². The van der Waals surface area contributed by atoms with Crippen molar-refractivity contribution in [3.63, 3.8) is 0 Å². The van der Waals surface area contributed by atoms with Crippen molar-refractivity contribution in [2.45, 2.75) is 40.5 Å². The van der Waals surface area contributed by atoms with Crippen LogP contribution in [0.4, 0.5) is 0 Å². The van der Waals surface area contributed by atoms with E-state index in [1.165, 1.54) is 19.4 Å². The molecule has 0 radical (unpaired) electrons. The number of hydrogen-bond donors (Lipinski definition) is 1. The Hall–Kier alpha value is -0.0400. The van der Waals surface area contributed by atoms with Gasteiger partial charge in [0.25, 0.3) is 0 Å². The fourth-order valence-electron chi connectivity index (χ4n) is 0.817. The Morgan fingerprint density at radius 1 is 1.30 bits per heavy atom. The zero-order valence-electron chi connectivity index (χ0n) is 7.83. The summed E-state index contributed by atoms with van der Waals surface area (Å²) in [5.74, 6) is 0. The van der Waals surface area contributed by atoms with Crippen LogP contribution >= 0.6 is 0 Å². The van der Waals surface area contributed by atoms with Crippen molar-refractivity contribution in [1.82, 2.24) is 5.32 Å². The molecule has 0 heterocycles. The summed E-state index contributed by atoms with van der Waals surface area (Å²) in [6.07, 6.45) is 2.86. The van der Waals surface area contributed by atoms with E-state index < -0.39 is 0 Å². The SMILES string of the molecule is CC.CCNCC1(C)CC1. The maximum atomic E-state index is 3.35. The second kappa shape index (κ2) is 4.73. The Morgan fingerprint density at radius 2 is 1.80 bits per heavy atom. The van der Waals surface area contributed by atoms with E-state index in [-0.39, 0.29) is 0 Å². The van der Waals surface area contributed by atoms with Gasteiger partial charge < -0.3 is 5.32 Å². The number of rotatable bonds is 3. The van der Waals surface area contributed by atoms with Crippen molar-refractivity contribution in [2.75, 3.05) is 13.1 Å². The normalized spacial score (nSPS) is 19.2. The first-order valence-electron chi connectivity index (χ1n) is 4.47. The third-order valence-electron chi connectivity index (χ3n) is 1.91. The molecule has 1 heteroatoms. The Morgan fingerprint density at radius 3 is 2.10 bits per heavy atom. The Kier molecular flexibility index (Phi) is 4.71. The fourth-order valence-corrected chi connectivity index (χ4v) is 0.817. The fraction of sp³-hybridized carbons (Fsp3) is 1.00. The molecule has 10 heavy (non-hydrogen) atoms. The van der Waals surface area contributed by atoms with Gasteiger partial charge in [-0.25, -0.2) is 0 Å². The number of hydrogen-bond acceptors (Lipinski definition) is 1. The molecule has 62 valence electrons. The Bertz CT molecular complexity index is 74.8. The molecule has 0 unspecified atom stereocenters. The van der Waals surface area contributed by atoms with E-state index in [0.29, 0.717) is 5.41 Å². The van der Waals surface area contributed by atoms with Crippen LogP contribution in [0.1, 0.15) is 40.5 Å². The van der Waals surface area contributed by atoms with Gasteiger partial charge in [-0.1, -0.05) is 27.7 Å². The smallest absolute Gasteiger partial charge is 0.000505 e. The van der Waals surface area contributed by atoms with E-state index in [9.17, 15) is 0 Å². The minimum atomic E-state index is 0.690. The van der Waals surface area contributed by atoms with E-state index in [4.69, 9.17) is 0 Å². The second-order valence-corrected chi connectivity index (χ2v) is 3.09. The molecule has 0 spiro atoms. The van der Waals surface area contributed by atoms with Gasteiger partial charge in [0.2, 0.25) is 0 Å². The summed E-state index contributed by atoms with van der Waals surface area (Å²) in [6, 6.07) is 0. The number of nitrogens with one attached hydrogen (secondary N) is 1. The Balaban J connectivity index is 0.000000371. The van der Waals surface area contributed by atoms with E-state index in [0.717, 1.165) is 6.54 Å². The minimum Gasteiger partial charge on any atom is -0.316 e. The molecule has 0 aliphatic heterocycles. The first-order valence-corrected chi connectivity index (χ1v) is 4.47. The third kappa shape index (κ3) is 3.89. The molecule has 0 amide bonds. The Labute approximate surface area is 65.2 Å². The predicted molar refractivity (Wildman–Crippen MR) is 47.2 cm³/mol. The lowest BCUT2D eigenvalue weighted by Crippen LogP contribution is -2.21. The monoisotopic (exact) mass is 143 g/mol. The summed E-state index contributed by atoms with van der Waals surface area (Å²) in [5.41, 5.74) is 0.690. The first kappa shape index (κ1) is 9.96. The van der Waals surface area contributed by atoms with Crippen LogP contribution in [0.5, 0.6) is 0 Å². The first-order chi connectivity index (χ1) is 4.77. The molecular weight excluding hydrogens is 122 g/mol. The van der Waals surface area contributed by atoms with Crippen LogP contribution in [0.3, 0.4) is 0 Å². The molecule has 0 bridgehead atoms. The van der Waals surface area contributed by atoms with Gasteiger partial charge in [-0.3, -0.25) is 0 Å². The molecular formula is C9H21N. The summed E-state index contributed by atoms with van der Waals surface area (Å²) in [4.78, 5) is 0. The van der Waals surface area contributed by atoms with Gasteiger partial charge in [0.15, 0.2) is 0 Å². The van der Waals surface area contributed by atoms with Gasteiger partial charge in [0, 0.05) is 6.54 Å². The highest BCUT2D eigenvalue weighted by molar-refractivity contribution is 4.89. The molecule has 1 rings (SSSR count). The van der Waals surface area contributed by atoms with Crippen LogP contribution in [0.25, 0.3) is 0 Å². The zero-order valence-corrected chi connectivity index (χ0v) is 7.83. The van der Waals surface area contributed by atoms with Crippen molar-refractivity contribution in [3.8, 4) is 0 Å². The van der Waals surface area contributed by atoms with Crippen LogP contribution in [0, 0.1) is 5.41 Å². The van der Waals surface area contributed by atoms with Crippen LogP contribution < -0.4 is 5.32 Å². The molecule has 0 saturated heterocycles. The van der Waals surface area contributed by atoms with Gasteiger partial charge in [-0.05, 0) is 24.8 Å². The molecule has 1 fully saturated rings. The molecule has 0 atom stereocenters. The predicted octanol–water partition coefficient (Wildman–Crippen LogP) is 2.42. The lowest BCUT2D eigenvalue weighted by molar-refractivity contribution is 0.510. The average molecular weight is 143 g/mol. The van der Waals surface area contributed by atoms with E-state index in [1.807, 2.05) is 13.8 Å². The minimum absolute atomic E-state index is 0.690. The second-order valence-electron chi connectivity index (χ2n) is 3.09. The summed E-state index contributed by atoms with van der Waals surface area (Å²) < 4.78 is 0. The highest BCUT2D eigenvalue weighted by Gasteiger charge is 2.36. The van der Waals surface area contributed by atoms with Gasteiger partial charge in [-0.2, -0.15) is 0 Å². The van der Waals surface area contributed by atoms with Crippen LogP contribution in [0.15, 0.2) is 0 Å². The van der Waals surface area contributed by atoms with Gasteiger partial charge in [0.05, 0.1) is 0 Å². The highest BCUT2D eigenvalue weighted by atomic mass is 14.9. The quantitative estimate of drug-likeness (QED) is 0.640. The lowest BCUT2D eigenvalue weighted by atomic mass is 10.1. The maximum Gasteiger partial charge on any atom is 0.000505 e. The lowest BCUT2D eigenvalue weighted by Gasteiger charge is -2.06. The molecule has 0 aromatic rings. The third-order valence-corrected chi connectivity index (χ3v) is 1.91. The van der Waals surface area contributed by atoms with Crippen LogP contribution in [-0.4, -0.2) is 13.1 Å². The summed E-state index contributed by atoms with van der Waals surface area (Å²) >= 11 is 0. The molecule has 0 aromatic heterocycles. The van der Waals surface area contributed by atoms with Crippen LogP contribution in [-0.2, 0) is 0 Å². The van der Waals surface area contributed by atoms with Crippen LogP contribution in [0.2, 0.25) is 0 Å². The summed E-state index contributed by atoms with van der Waals surface area (Å²) in [6.45, 7) is 10.8. The summed E-state index contributed by atoms with van der Waals surface area (Å²) in [5, 5.41) is 3.35. The molecule has 1 nitrogen and oxygen atoms in total. The largest absolute Gasteiger partial charge is 0.316 e. The van der Waals surface area contributed by atoms with Crippen molar-refractivity contribution >= 4 is 0 Å².